The van der Waals surface area contributed by atoms with E-state index in [0.717, 1.165) is 24.6 Å². The van der Waals surface area contributed by atoms with E-state index in [-0.39, 0.29) is 6.42 Å². The van der Waals surface area contributed by atoms with Gasteiger partial charge in [0.15, 0.2) is 0 Å². The van der Waals surface area contributed by atoms with Crippen LogP contribution in [0.25, 0.3) is 0 Å². The molecule has 0 aliphatic heterocycles. The first-order valence-electron chi connectivity index (χ1n) is 4.72. The van der Waals surface area contributed by atoms with Gasteiger partial charge in [-0.2, -0.15) is 11.8 Å². The second kappa shape index (κ2) is 8.38. The molecule has 0 rings (SSSR count). The zero-order chi connectivity index (χ0) is 10.1. The van der Waals surface area contributed by atoms with E-state index in [9.17, 15) is 4.79 Å². The highest BCUT2D eigenvalue weighted by molar-refractivity contribution is 7.99. The molecule has 0 bridgehead atoms. The zero-order valence-corrected chi connectivity index (χ0v) is 9.27. The maximum atomic E-state index is 10.3. The van der Waals surface area contributed by atoms with Crippen LogP contribution in [0.4, 0.5) is 0 Å². The molecule has 0 heterocycles. The first-order valence-corrected chi connectivity index (χ1v) is 5.88. The second-order valence-electron chi connectivity index (χ2n) is 2.77. The lowest BCUT2D eigenvalue weighted by Crippen LogP contribution is -2.28. The topological polar surface area (TPSA) is 40.5 Å². The van der Waals surface area contributed by atoms with Gasteiger partial charge in [-0.05, 0) is 12.3 Å². The Morgan fingerprint density at radius 1 is 1.38 bits per heavy atom. The van der Waals surface area contributed by atoms with Crippen LogP contribution in [0, 0.1) is 0 Å². The van der Waals surface area contributed by atoms with Gasteiger partial charge >= 0.3 is 5.97 Å². The number of rotatable bonds is 8. The van der Waals surface area contributed by atoms with E-state index in [1.807, 2.05) is 11.8 Å². The van der Waals surface area contributed by atoms with Gasteiger partial charge in [-0.1, -0.05) is 13.8 Å². The summed E-state index contributed by atoms with van der Waals surface area (Å²) in [6.07, 6.45) is 0.255. The number of hydrogen-bond acceptors (Lipinski definition) is 3. The van der Waals surface area contributed by atoms with Crippen molar-refractivity contribution in [2.24, 2.45) is 0 Å². The van der Waals surface area contributed by atoms with Crippen molar-refractivity contribution in [3.8, 4) is 0 Å². The van der Waals surface area contributed by atoms with E-state index in [4.69, 9.17) is 5.11 Å². The molecule has 0 amide bonds. The van der Waals surface area contributed by atoms with Crippen LogP contribution in [0.5, 0.6) is 0 Å². The first-order chi connectivity index (χ1) is 6.20. The molecule has 3 nitrogen and oxygen atoms in total. The zero-order valence-electron chi connectivity index (χ0n) is 8.45. The molecule has 0 aromatic carbocycles. The second-order valence-corrected chi connectivity index (χ2v) is 4.17. The molecular formula is C9H19NO2S. The Bertz CT molecular complexity index is 142. The minimum Gasteiger partial charge on any atom is -0.481 e. The van der Waals surface area contributed by atoms with Gasteiger partial charge in [0, 0.05) is 18.8 Å². The summed E-state index contributed by atoms with van der Waals surface area (Å²) < 4.78 is 0. The summed E-state index contributed by atoms with van der Waals surface area (Å²) >= 11 is 1.90. The number of hydrogen-bond donors (Lipinski definition) is 1. The lowest BCUT2D eigenvalue weighted by atomic mass is 10.4. The first kappa shape index (κ1) is 12.8. The molecule has 1 N–H and O–H groups in total. The quantitative estimate of drug-likeness (QED) is 0.610. The average molecular weight is 205 g/mol. The van der Waals surface area contributed by atoms with Gasteiger partial charge in [0.2, 0.25) is 0 Å². The smallest absolute Gasteiger partial charge is 0.304 e. The summed E-state index contributed by atoms with van der Waals surface area (Å²) in [4.78, 5) is 12.5. The van der Waals surface area contributed by atoms with E-state index in [0.29, 0.717) is 6.54 Å². The van der Waals surface area contributed by atoms with Gasteiger partial charge in [-0.15, -0.1) is 0 Å². The van der Waals surface area contributed by atoms with Gasteiger partial charge in [-0.3, -0.25) is 4.79 Å². The van der Waals surface area contributed by atoms with Crippen molar-refractivity contribution in [2.45, 2.75) is 20.3 Å². The maximum absolute atomic E-state index is 10.3. The Hall–Kier alpha value is -0.220. The molecule has 0 fully saturated rings. The molecule has 0 aromatic rings. The molecule has 0 saturated carbocycles. The van der Waals surface area contributed by atoms with Crippen LogP contribution in [0.2, 0.25) is 0 Å². The standard InChI is InChI=1S/C9H19NO2S/c1-3-10(6-5-9(11)12)7-8-13-4-2/h3-8H2,1-2H3,(H,11,12). The van der Waals surface area contributed by atoms with Gasteiger partial charge in [0.25, 0.3) is 0 Å². The molecule has 4 heteroatoms. The number of carbonyl (C=O) groups is 1. The Labute approximate surface area is 84.5 Å². The van der Waals surface area contributed by atoms with Gasteiger partial charge < -0.3 is 10.0 Å². The fourth-order valence-corrected chi connectivity index (χ4v) is 1.70. The molecule has 0 atom stereocenters. The minimum absolute atomic E-state index is 0.255. The van der Waals surface area contributed by atoms with Crippen molar-refractivity contribution >= 4 is 17.7 Å². The Kier molecular flexibility index (Phi) is 8.24. The highest BCUT2D eigenvalue weighted by atomic mass is 32.2. The summed E-state index contributed by atoms with van der Waals surface area (Å²) in [5.74, 6) is 1.53. The molecule has 13 heavy (non-hydrogen) atoms. The average Bonchev–Trinajstić information content (AvgIpc) is 2.10. The molecule has 0 unspecified atom stereocenters. The number of carboxylic acid groups (broad SMARTS) is 1. The van der Waals surface area contributed by atoms with Crippen molar-refractivity contribution < 1.29 is 9.90 Å². The van der Waals surface area contributed by atoms with Crippen molar-refractivity contribution in [1.82, 2.24) is 4.90 Å². The van der Waals surface area contributed by atoms with Crippen LogP contribution in [0.15, 0.2) is 0 Å². The molecule has 78 valence electrons. The van der Waals surface area contributed by atoms with Crippen LogP contribution in [0.1, 0.15) is 20.3 Å². The van der Waals surface area contributed by atoms with E-state index in [2.05, 4.69) is 18.7 Å². The van der Waals surface area contributed by atoms with Crippen LogP contribution in [-0.2, 0) is 4.79 Å². The normalized spacial score (nSPS) is 10.7. The van der Waals surface area contributed by atoms with Crippen LogP contribution in [-0.4, -0.2) is 47.1 Å². The van der Waals surface area contributed by atoms with Crippen LogP contribution in [0.3, 0.4) is 0 Å². The van der Waals surface area contributed by atoms with E-state index < -0.39 is 5.97 Å². The summed E-state index contributed by atoms with van der Waals surface area (Å²) in [5.41, 5.74) is 0. The summed E-state index contributed by atoms with van der Waals surface area (Å²) in [7, 11) is 0. The predicted octanol–water partition coefficient (Wildman–Crippen LogP) is 1.54. The summed E-state index contributed by atoms with van der Waals surface area (Å²) in [6, 6.07) is 0. The van der Waals surface area contributed by atoms with E-state index in [1.165, 1.54) is 0 Å². The van der Waals surface area contributed by atoms with Crippen LogP contribution < -0.4 is 0 Å². The molecule has 0 aliphatic carbocycles. The number of thioether (sulfide) groups is 1. The molecular weight excluding hydrogens is 186 g/mol. The summed E-state index contributed by atoms with van der Waals surface area (Å²) in [6.45, 7) is 6.83. The Balaban J connectivity index is 3.45. The lowest BCUT2D eigenvalue weighted by molar-refractivity contribution is -0.137. The molecule has 0 radical (unpaired) electrons. The van der Waals surface area contributed by atoms with Crippen molar-refractivity contribution in [2.75, 3.05) is 31.1 Å². The minimum atomic E-state index is -0.707. The molecule has 0 saturated heterocycles. The summed E-state index contributed by atoms with van der Waals surface area (Å²) in [5, 5.41) is 8.50. The third-order valence-electron chi connectivity index (χ3n) is 1.85. The largest absolute Gasteiger partial charge is 0.481 e. The van der Waals surface area contributed by atoms with E-state index >= 15 is 0 Å². The highest BCUT2D eigenvalue weighted by Crippen LogP contribution is 2.00. The Morgan fingerprint density at radius 2 is 2.08 bits per heavy atom. The fraction of sp³-hybridized carbons (Fsp3) is 0.889. The van der Waals surface area contributed by atoms with Crippen LogP contribution >= 0.6 is 11.8 Å². The fourth-order valence-electron chi connectivity index (χ4n) is 1.02. The van der Waals surface area contributed by atoms with Crippen molar-refractivity contribution in [3.05, 3.63) is 0 Å². The van der Waals surface area contributed by atoms with Crippen molar-refractivity contribution in [3.63, 3.8) is 0 Å². The number of carboxylic acids is 1. The molecule has 0 spiro atoms. The molecule has 0 aliphatic rings. The maximum Gasteiger partial charge on any atom is 0.304 e. The monoisotopic (exact) mass is 205 g/mol. The third kappa shape index (κ3) is 8.12. The van der Waals surface area contributed by atoms with Crippen molar-refractivity contribution in [1.29, 1.82) is 0 Å². The van der Waals surface area contributed by atoms with Gasteiger partial charge in [-0.25, -0.2) is 0 Å². The third-order valence-corrected chi connectivity index (χ3v) is 2.72. The number of aliphatic carboxylic acids is 1. The predicted molar refractivity (Wildman–Crippen MR) is 57.4 cm³/mol. The number of nitrogens with zero attached hydrogens (tertiary/aromatic N) is 1. The van der Waals surface area contributed by atoms with Gasteiger partial charge in [0.1, 0.15) is 0 Å². The highest BCUT2D eigenvalue weighted by Gasteiger charge is 2.04. The SMILES string of the molecule is CCSCCN(CC)CCC(=O)O. The Morgan fingerprint density at radius 3 is 2.54 bits per heavy atom. The molecule has 0 aromatic heterocycles. The lowest BCUT2D eigenvalue weighted by Gasteiger charge is -2.18. The van der Waals surface area contributed by atoms with E-state index in [1.54, 1.807) is 0 Å². The van der Waals surface area contributed by atoms with Gasteiger partial charge in [0.05, 0.1) is 6.42 Å².